The van der Waals surface area contributed by atoms with E-state index in [1.165, 1.54) is 18.2 Å². The predicted octanol–water partition coefficient (Wildman–Crippen LogP) is 2.78. The molecule has 24 heavy (non-hydrogen) atoms. The molecule has 2 atom stereocenters. The Hall–Kier alpha value is -2.41. The summed E-state index contributed by atoms with van der Waals surface area (Å²) in [5.41, 5.74) is 0.310. The number of carbonyl (C=O) groups excluding carboxylic acids is 1. The van der Waals surface area contributed by atoms with Crippen LogP contribution in [0.15, 0.2) is 36.9 Å². The van der Waals surface area contributed by atoms with Crippen molar-refractivity contribution in [3.05, 3.63) is 42.7 Å². The first kappa shape index (κ1) is 16.4. The zero-order chi connectivity index (χ0) is 16.9. The maximum Gasteiger partial charge on any atom is 0.247 e. The average molecular weight is 333 g/mol. The normalized spacial score (nSPS) is 18.3. The van der Waals surface area contributed by atoms with E-state index in [0.29, 0.717) is 18.0 Å². The minimum absolute atomic E-state index is 0.0449. The van der Waals surface area contributed by atoms with Crippen molar-refractivity contribution in [2.24, 2.45) is 0 Å². The van der Waals surface area contributed by atoms with Crippen molar-refractivity contribution in [2.45, 2.75) is 31.9 Å². The Balaban J connectivity index is 1.69. The fourth-order valence-electron chi connectivity index (χ4n) is 2.56. The van der Waals surface area contributed by atoms with E-state index in [0.717, 1.165) is 19.4 Å². The SMILES string of the molecule is C[C@H](C(=O)Nc1cc(F)ccc1OC[C@@H]1CCCO1)n1ccnc1. The van der Waals surface area contributed by atoms with Crippen LogP contribution in [-0.4, -0.2) is 34.8 Å². The van der Waals surface area contributed by atoms with Crippen molar-refractivity contribution in [3.63, 3.8) is 0 Å². The summed E-state index contributed by atoms with van der Waals surface area (Å²) in [6.07, 6.45) is 6.87. The Morgan fingerprint density at radius 1 is 1.58 bits per heavy atom. The quantitative estimate of drug-likeness (QED) is 0.883. The predicted molar refractivity (Wildman–Crippen MR) is 86.4 cm³/mol. The molecule has 7 heteroatoms. The lowest BCUT2D eigenvalue weighted by atomic mass is 10.2. The number of hydrogen-bond acceptors (Lipinski definition) is 4. The van der Waals surface area contributed by atoms with Gasteiger partial charge in [0.25, 0.3) is 0 Å². The summed E-state index contributed by atoms with van der Waals surface area (Å²) in [5, 5.41) is 2.72. The van der Waals surface area contributed by atoms with Crippen LogP contribution in [0.1, 0.15) is 25.8 Å². The highest BCUT2D eigenvalue weighted by atomic mass is 19.1. The van der Waals surface area contributed by atoms with Crippen LogP contribution >= 0.6 is 0 Å². The second-order valence-electron chi connectivity index (χ2n) is 5.76. The van der Waals surface area contributed by atoms with E-state index in [4.69, 9.17) is 9.47 Å². The molecule has 2 heterocycles. The van der Waals surface area contributed by atoms with Crippen LogP contribution < -0.4 is 10.1 Å². The van der Waals surface area contributed by atoms with Gasteiger partial charge in [-0.1, -0.05) is 0 Å². The lowest BCUT2D eigenvalue weighted by molar-refractivity contribution is -0.118. The van der Waals surface area contributed by atoms with E-state index in [9.17, 15) is 9.18 Å². The minimum Gasteiger partial charge on any atom is -0.489 e. The lowest BCUT2D eigenvalue weighted by Crippen LogP contribution is -2.24. The highest BCUT2D eigenvalue weighted by Gasteiger charge is 2.19. The zero-order valence-electron chi connectivity index (χ0n) is 13.4. The first-order valence-electron chi connectivity index (χ1n) is 7.96. The van der Waals surface area contributed by atoms with Crippen LogP contribution in [0.5, 0.6) is 5.75 Å². The molecule has 0 spiro atoms. The minimum atomic E-state index is -0.471. The van der Waals surface area contributed by atoms with Gasteiger partial charge in [0.1, 0.15) is 24.2 Å². The van der Waals surface area contributed by atoms with Gasteiger partial charge in [-0.05, 0) is 31.9 Å². The number of benzene rings is 1. The summed E-state index contributed by atoms with van der Waals surface area (Å²) in [6, 6.07) is 3.60. The number of aromatic nitrogens is 2. The van der Waals surface area contributed by atoms with Crippen LogP contribution in [0.4, 0.5) is 10.1 Å². The molecule has 128 valence electrons. The highest BCUT2D eigenvalue weighted by Crippen LogP contribution is 2.27. The van der Waals surface area contributed by atoms with Crippen LogP contribution in [0.2, 0.25) is 0 Å². The smallest absolute Gasteiger partial charge is 0.247 e. The summed E-state index contributed by atoms with van der Waals surface area (Å²) >= 11 is 0. The monoisotopic (exact) mass is 333 g/mol. The van der Waals surface area contributed by atoms with Crippen molar-refractivity contribution in [1.82, 2.24) is 9.55 Å². The molecule has 0 radical (unpaired) electrons. The fraction of sp³-hybridized carbons (Fsp3) is 0.412. The molecule has 1 amide bonds. The van der Waals surface area contributed by atoms with Gasteiger partial charge < -0.3 is 19.4 Å². The third kappa shape index (κ3) is 3.91. The van der Waals surface area contributed by atoms with Gasteiger partial charge in [0.15, 0.2) is 0 Å². The van der Waals surface area contributed by atoms with Gasteiger partial charge in [-0.2, -0.15) is 0 Å². The van der Waals surface area contributed by atoms with E-state index >= 15 is 0 Å². The molecule has 0 unspecified atom stereocenters. The molecule has 1 saturated heterocycles. The number of hydrogen-bond donors (Lipinski definition) is 1. The number of rotatable bonds is 6. The van der Waals surface area contributed by atoms with Crippen LogP contribution in [0, 0.1) is 5.82 Å². The number of anilines is 1. The Morgan fingerprint density at radius 3 is 3.17 bits per heavy atom. The number of imidazole rings is 1. The molecule has 0 bridgehead atoms. The van der Waals surface area contributed by atoms with E-state index in [1.54, 1.807) is 30.2 Å². The second kappa shape index (κ2) is 7.44. The fourth-order valence-corrected chi connectivity index (χ4v) is 2.56. The Kier molecular flexibility index (Phi) is 5.10. The molecule has 1 aromatic carbocycles. The molecule has 6 nitrogen and oxygen atoms in total. The number of nitrogens with zero attached hydrogens (tertiary/aromatic N) is 2. The third-order valence-electron chi connectivity index (χ3n) is 4.00. The Bertz CT molecular complexity index is 684. The third-order valence-corrected chi connectivity index (χ3v) is 4.00. The van der Waals surface area contributed by atoms with E-state index < -0.39 is 11.9 Å². The zero-order valence-corrected chi connectivity index (χ0v) is 13.4. The first-order chi connectivity index (χ1) is 11.6. The van der Waals surface area contributed by atoms with Crippen LogP contribution in [0.25, 0.3) is 0 Å². The molecule has 1 aliphatic heterocycles. The van der Waals surface area contributed by atoms with E-state index in [1.807, 2.05) is 0 Å². The molecular weight excluding hydrogens is 313 g/mol. The topological polar surface area (TPSA) is 65.4 Å². The maximum absolute atomic E-state index is 13.6. The standard InChI is InChI=1S/C17H20FN3O3/c1-12(21-7-6-19-11-21)17(22)20-15-9-13(18)4-5-16(15)24-10-14-3-2-8-23-14/h4-7,9,11-12,14H,2-3,8,10H2,1H3,(H,20,22)/t12-,14+/m1/s1. The largest absolute Gasteiger partial charge is 0.489 e. The summed E-state index contributed by atoms with van der Waals surface area (Å²) in [6.45, 7) is 2.86. The molecule has 2 aromatic rings. The van der Waals surface area contributed by atoms with Crippen molar-refractivity contribution >= 4 is 11.6 Å². The van der Waals surface area contributed by atoms with Gasteiger partial charge in [-0.3, -0.25) is 4.79 Å². The van der Waals surface area contributed by atoms with Gasteiger partial charge in [0, 0.05) is 25.1 Å². The van der Waals surface area contributed by atoms with Gasteiger partial charge in [0.05, 0.1) is 18.1 Å². The number of nitrogens with one attached hydrogen (secondary N) is 1. The van der Waals surface area contributed by atoms with E-state index in [2.05, 4.69) is 10.3 Å². The molecule has 1 aliphatic rings. The molecule has 3 rings (SSSR count). The number of carbonyl (C=O) groups is 1. The van der Waals surface area contributed by atoms with Crippen LogP contribution in [0.3, 0.4) is 0 Å². The molecule has 1 N–H and O–H groups in total. The van der Waals surface area contributed by atoms with Crippen molar-refractivity contribution < 1.29 is 18.7 Å². The molecule has 0 aliphatic carbocycles. The maximum atomic E-state index is 13.6. The first-order valence-corrected chi connectivity index (χ1v) is 7.96. The average Bonchev–Trinajstić information content (AvgIpc) is 3.27. The number of halogens is 1. The number of ether oxygens (including phenoxy) is 2. The summed E-state index contributed by atoms with van der Waals surface area (Å²) in [5.74, 6) is -0.288. The molecular formula is C17H20FN3O3. The summed E-state index contributed by atoms with van der Waals surface area (Å²) in [7, 11) is 0. The Labute approximate surface area is 139 Å². The van der Waals surface area contributed by atoms with Gasteiger partial charge in [-0.15, -0.1) is 0 Å². The molecule has 1 fully saturated rings. The number of amides is 1. The van der Waals surface area contributed by atoms with Gasteiger partial charge >= 0.3 is 0 Å². The van der Waals surface area contributed by atoms with Crippen molar-refractivity contribution in [1.29, 1.82) is 0 Å². The van der Waals surface area contributed by atoms with Crippen LogP contribution in [-0.2, 0) is 9.53 Å². The summed E-state index contributed by atoms with van der Waals surface area (Å²) < 4.78 is 26.5. The van der Waals surface area contributed by atoms with Crippen molar-refractivity contribution in [2.75, 3.05) is 18.5 Å². The Morgan fingerprint density at radius 2 is 2.46 bits per heavy atom. The molecule has 0 saturated carbocycles. The lowest BCUT2D eigenvalue weighted by Gasteiger charge is -2.17. The van der Waals surface area contributed by atoms with E-state index in [-0.39, 0.29) is 12.0 Å². The second-order valence-corrected chi connectivity index (χ2v) is 5.76. The molecule has 1 aromatic heterocycles. The summed E-state index contributed by atoms with van der Waals surface area (Å²) in [4.78, 5) is 16.3. The van der Waals surface area contributed by atoms with Gasteiger partial charge in [0.2, 0.25) is 5.91 Å². The van der Waals surface area contributed by atoms with Gasteiger partial charge in [-0.25, -0.2) is 9.37 Å². The van der Waals surface area contributed by atoms with Crippen molar-refractivity contribution in [3.8, 4) is 5.75 Å². The highest BCUT2D eigenvalue weighted by molar-refractivity contribution is 5.94.